The minimum atomic E-state index is -0.188. The van der Waals surface area contributed by atoms with Gasteiger partial charge in [-0.2, -0.15) is 0 Å². The average molecular weight is 231 g/mol. The summed E-state index contributed by atoms with van der Waals surface area (Å²) in [5.41, 5.74) is 2.70. The van der Waals surface area contributed by atoms with Crippen LogP contribution < -0.4 is 0 Å². The third kappa shape index (κ3) is 2.75. The molecule has 2 rings (SSSR count). The summed E-state index contributed by atoms with van der Waals surface area (Å²) >= 11 is 0. The number of rotatable bonds is 4. The van der Waals surface area contributed by atoms with E-state index in [9.17, 15) is 4.79 Å². The quantitative estimate of drug-likeness (QED) is 0.743. The standard InChI is InChI=1S/C15H21NO/c1-3-15(2,12-17)11-16-9-8-13-6-4-5-7-14(13)10-16/h4-7,12H,3,8-11H2,1-2H3. The Balaban J connectivity index is 2.05. The Bertz CT molecular complexity index is 402. The summed E-state index contributed by atoms with van der Waals surface area (Å²) < 4.78 is 0. The van der Waals surface area contributed by atoms with Crippen LogP contribution in [-0.2, 0) is 17.8 Å². The van der Waals surface area contributed by atoms with E-state index in [1.807, 2.05) is 0 Å². The lowest BCUT2D eigenvalue weighted by Crippen LogP contribution is -2.39. The van der Waals surface area contributed by atoms with Crippen molar-refractivity contribution >= 4 is 6.29 Å². The molecule has 92 valence electrons. The van der Waals surface area contributed by atoms with Crippen LogP contribution >= 0.6 is 0 Å². The van der Waals surface area contributed by atoms with E-state index in [1.165, 1.54) is 11.1 Å². The van der Waals surface area contributed by atoms with Gasteiger partial charge in [0.1, 0.15) is 6.29 Å². The molecule has 17 heavy (non-hydrogen) atoms. The maximum atomic E-state index is 11.2. The molecule has 2 nitrogen and oxygen atoms in total. The van der Waals surface area contributed by atoms with Crippen LogP contribution in [0.3, 0.4) is 0 Å². The van der Waals surface area contributed by atoms with E-state index in [0.29, 0.717) is 0 Å². The van der Waals surface area contributed by atoms with Crippen LogP contribution in [-0.4, -0.2) is 24.3 Å². The molecule has 1 atom stereocenters. The van der Waals surface area contributed by atoms with Crippen molar-refractivity contribution in [3.63, 3.8) is 0 Å². The Labute approximate surface area is 104 Å². The highest BCUT2D eigenvalue weighted by molar-refractivity contribution is 5.58. The maximum Gasteiger partial charge on any atom is 0.127 e. The number of carbonyl (C=O) groups is 1. The molecular weight excluding hydrogens is 210 g/mol. The second kappa shape index (κ2) is 5.01. The molecule has 0 bridgehead atoms. The SMILES string of the molecule is CCC(C)(C=O)CN1CCc2ccccc2C1. The summed E-state index contributed by atoms with van der Waals surface area (Å²) in [4.78, 5) is 13.6. The van der Waals surface area contributed by atoms with Crippen molar-refractivity contribution < 1.29 is 4.79 Å². The summed E-state index contributed by atoms with van der Waals surface area (Å²) in [5.74, 6) is 0. The smallest absolute Gasteiger partial charge is 0.127 e. The molecular formula is C15H21NO. The molecule has 0 amide bonds. The number of hydrogen-bond donors (Lipinski definition) is 0. The zero-order valence-corrected chi connectivity index (χ0v) is 10.8. The highest BCUT2D eigenvalue weighted by Gasteiger charge is 2.26. The van der Waals surface area contributed by atoms with Gasteiger partial charge in [-0.05, 0) is 24.0 Å². The van der Waals surface area contributed by atoms with E-state index in [-0.39, 0.29) is 5.41 Å². The van der Waals surface area contributed by atoms with E-state index >= 15 is 0 Å². The van der Waals surface area contributed by atoms with Gasteiger partial charge in [-0.15, -0.1) is 0 Å². The van der Waals surface area contributed by atoms with Crippen molar-refractivity contribution in [2.75, 3.05) is 13.1 Å². The number of nitrogens with zero attached hydrogens (tertiary/aromatic N) is 1. The second-order valence-corrected chi connectivity index (χ2v) is 5.35. The van der Waals surface area contributed by atoms with Gasteiger partial charge in [0.15, 0.2) is 0 Å². The van der Waals surface area contributed by atoms with Crippen molar-refractivity contribution in [3.8, 4) is 0 Å². The Kier molecular flexibility index (Phi) is 3.63. The molecule has 1 aliphatic rings. The highest BCUT2D eigenvalue weighted by atomic mass is 16.1. The van der Waals surface area contributed by atoms with Gasteiger partial charge in [0, 0.05) is 25.0 Å². The van der Waals surface area contributed by atoms with Gasteiger partial charge in [-0.3, -0.25) is 4.90 Å². The summed E-state index contributed by atoms with van der Waals surface area (Å²) in [6, 6.07) is 8.62. The number of benzene rings is 1. The van der Waals surface area contributed by atoms with Gasteiger partial charge in [-0.1, -0.05) is 38.1 Å². The van der Waals surface area contributed by atoms with Crippen LogP contribution in [0.1, 0.15) is 31.4 Å². The van der Waals surface area contributed by atoms with E-state index < -0.39 is 0 Å². The molecule has 1 unspecified atom stereocenters. The van der Waals surface area contributed by atoms with Crippen LogP contribution in [0.4, 0.5) is 0 Å². The first-order valence-electron chi connectivity index (χ1n) is 6.42. The van der Waals surface area contributed by atoms with Gasteiger partial charge in [0.25, 0.3) is 0 Å². The molecule has 0 aliphatic carbocycles. The van der Waals surface area contributed by atoms with Crippen molar-refractivity contribution in [1.29, 1.82) is 0 Å². The lowest BCUT2D eigenvalue weighted by atomic mass is 9.87. The van der Waals surface area contributed by atoms with Crippen LogP contribution in [0.25, 0.3) is 0 Å². The predicted molar refractivity (Wildman–Crippen MR) is 69.9 cm³/mol. The highest BCUT2D eigenvalue weighted by Crippen LogP contribution is 2.24. The van der Waals surface area contributed by atoms with E-state index in [0.717, 1.165) is 38.8 Å². The largest absolute Gasteiger partial charge is 0.303 e. The zero-order valence-electron chi connectivity index (χ0n) is 10.8. The number of aldehydes is 1. The third-order valence-corrected chi connectivity index (χ3v) is 3.89. The molecule has 1 aromatic carbocycles. The van der Waals surface area contributed by atoms with Crippen LogP contribution in [0.15, 0.2) is 24.3 Å². The van der Waals surface area contributed by atoms with E-state index in [1.54, 1.807) is 0 Å². The summed E-state index contributed by atoms with van der Waals surface area (Å²) in [7, 11) is 0. The van der Waals surface area contributed by atoms with E-state index in [2.05, 4.69) is 43.0 Å². The lowest BCUT2D eigenvalue weighted by molar-refractivity contribution is -0.116. The summed E-state index contributed by atoms with van der Waals surface area (Å²) in [5, 5.41) is 0. The fourth-order valence-corrected chi connectivity index (χ4v) is 2.43. The predicted octanol–water partition coefficient (Wildman–Crippen LogP) is 2.66. The van der Waals surface area contributed by atoms with Crippen LogP contribution in [0.2, 0.25) is 0 Å². The fraction of sp³-hybridized carbons (Fsp3) is 0.533. The third-order valence-electron chi connectivity index (χ3n) is 3.89. The van der Waals surface area contributed by atoms with Gasteiger partial charge < -0.3 is 4.79 Å². The lowest BCUT2D eigenvalue weighted by Gasteiger charge is -2.34. The number of carbonyl (C=O) groups excluding carboxylic acids is 1. The Hall–Kier alpha value is -1.15. The van der Waals surface area contributed by atoms with Crippen molar-refractivity contribution in [2.24, 2.45) is 5.41 Å². The first-order chi connectivity index (χ1) is 8.17. The van der Waals surface area contributed by atoms with Crippen LogP contribution in [0, 0.1) is 5.41 Å². The molecule has 2 heteroatoms. The topological polar surface area (TPSA) is 20.3 Å². The van der Waals surface area contributed by atoms with Crippen molar-refractivity contribution in [2.45, 2.75) is 33.2 Å². The molecule has 1 aliphatic heterocycles. The van der Waals surface area contributed by atoms with Crippen LogP contribution in [0.5, 0.6) is 0 Å². The zero-order chi connectivity index (χ0) is 12.3. The summed E-state index contributed by atoms with van der Waals surface area (Å²) in [6.45, 7) is 7.08. The van der Waals surface area contributed by atoms with Gasteiger partial charge in [0.2, 0.25) is 0 Å². The van der Waals surface area contributed by atoms with Crippen molar-refractivity contribution in [3.05, 3.63) is 35.4 Å². The normalized spacial score (nSPS) is 19.4. The van der Waals surface area contributed by atoms with E-state index in [4.69, 9.17) is 0 Å². The Morgan fingerprint density at radius 1 is 1.35 bits per heavy atom. The average Bonchev–Trinajstić information content (AvgIpc) is 2.38. The Morgan fingerprint density at radius 3 is 2.71 bits per heavy atom. The molecule has 1 heterocycles. The molecule has 1 aromatic rings. The van der Waals surface area contributed by atoms with Gasteiger partial charge in [0.05, 0.1) is 0 Å². The molecule has 0 saturated carbocycles. The molecule has 0 N–H and O–H groups in total. The maximum absolute atomic E-state index is 11.2. The monoisotopic (exact) mass is 231 g/mol. The molecule has 0 radical (unpaired) electrons. The van der Waals surface area contributed by atoms with Crippen molar-refractivity contribution in [1.82, 2.24) is 4.90 Å². The number of fused-ring (bicyclic) bond motifs is 1. The minimum Gasteiger partial charge on any atom is -0.303 e. The van der Waals surface area contributed by atoms with Gasteiger partial charge >= 0.3 is 0 Å². The summed E-state index contributed by atoms with van der Waals surface area (Å²) in [6.07, 6.45) is 3.14. The molecule has 0 aromatic heterocycles. The first kappa shape index (κ1) is 12.3. The number of hydrogen-bond acceptors (Lipinski definition) is 2. The molecule has 0 saturated heterocycles. The Morgan fingerprint density at radius 2 is 2.06 bits per heavy atom. The first-order valence-corrected chi connectivity index (χ1v) is 6.42. The van der Waals surface area contributed by atoms with Gasteiger partial charge in [-0.25, -0.2) is 0 Å². The second-order valence-electron chi connectivity index (χ2n) is 5.35. The minimum absolute atomic E-state index is 0.188. The molecule has 0 fully saturated rings. The fourth-order valence-electron chi connectivity index (χ4n) is 2.43. The molecule has 0 spiro atoms.